The van der Waals surface area contributed by atoms with Crippen LogP contribution in [0, 0.1) is 11.3 Å². The number of aryl methyl sites for hydroxylation is 1. The Balaban J connectivity index is 1.99. The summed E-state index contributed by atoms with van der Waals surface area (Å²) in [5.74, 6) is 1.39. The predicted octanol–water partition coefficient (Wildman–Crippen LogP) is 3.52. The molecule has 0 unspecified atom stereocenters. The third kappa shape index (κ3) is 1.72. The molecule has 3 atom stereocenters. The van der Waals surface area contributed by atoms with Crippen LogP contribution in [0.2, 0.25) is 0 Å². The Morgan fingerprint density at radius 1 is 1.29 bits per heavy atom. The monoisotopic (exact) mass is 230 g/mol. The van der Waals surface area contributed by atoms with Crippen LogP contribution in [0.1, 0.15) is 49.7 Å². The smallest absolute Gasteiger partial charge is 0.0487 e. The van der Waals surface area contributed by atoms with E-state index in [0.717, 1.165) is 0 Å². The molecule has 0 radical (unpaired) electrons. The minimum atomic E-state index is 0.163. The van der Waals surface area contributed by atoms with Crippen LogP contribution in [0.3, 0.4) is 0 Å². The van der Waals surface area contributed by atoms with Gasteiger partial charge in [0.25, 0.3) is 0 Å². The lowest BCUT2D eigenvalue weighted by atomic mass is 9.57. The molecule has 0 amide bonds. The van der Waals surface area contributed by atoms with Gasteiger partial charge in [0.2, 0.25) is 0 Å². The van der Waals surface area contributed by atoms with E-state index in [0.29, 0.717) is 18.4 Å². The fourth-order valence-corrected chi connectivity index (χ4v) is 4.15. The summed E-state index contributed by atoms with van der Waals surface area (Å²) in [6.45, 7) is 2.65. The van der Waals surface area contributed by atoms with Crippen molar-refractivity contribution < 1.29 is 5.11 Å². The number of aliphatic hydroxyl groups is 1. The maximum Gasteiger partial charge on any atom is 0.0487 e. The second-order valence-electron chi connectivity index (χ2n) is 6.15. The minimum Gasteiger partial charge on any atom is -0.396 e. The van der Waals surface area contributed by atoms with Gasteiger partial charge in [0, 0.05) is 6.61 Å². The molecule has 1 aromatic carbocycles. The number of hydrogen-bond acceptors (Lipinski definition) is 1. The molecule has 1 nitrogen and oxygen atoms in total. The molecule has 0 saturated heterocycles. The summed E-state index contributed by atoms with van der Waals surface area (Å²) in [7, 11) is 0. The van der Waals surface area contributed by atoms with Gasteiger partial charge >= 0.3 is 0 Å². The molecule has 0 heterocycles. The van der Waals surface area contributed by atoms with E-state index >= 15 is 0 Å². The quantitative estimate of drug-likeness (QED) is 0.782. The van der Waals surface area contributed by atoms with Gasteiger partial charge in [0.15, 0.2) is 0 Å². The molecule has 1 saturated carbocycles. The van der Waals surface area contributed by atoms with Gasteiger partial charge in [-0.25, -0.2) is 0 Å². The third-order valence-electron chi connectivity index (χ3n) is 5.18. The van der Waals surface area contributed by atoms with Crippen molar-refractivity contribution >= 4 is 0 Å². The number of fused-ring (bicyclic) bond motifs is 3. The lowest BCUT2D eigenvalue weighted by Gasteiger charge is -2.48. The van der Waals surface area contributed by atoms with Gasteiger partial charge in [-0.1, -0.05) is 37.6 Å². The summed E-state index contributed by atoms with van der Waals surface area (Å²) in [6.07, 6.45) is 6.25. The van der Waals surface area contributed by atoms with Crippen molar-refractivity contribution in [3.8, 4) is 0 Å². The van der Waals surface area contributed by atoms with Crippen LogP contribution in [0.4, 0.5) is 0 Å². The van der Waals surface area contributed by atoms with E-state index < -0.39 is 0 Å². The van der Waals surface area contributed by atoms with Crippen molar-refractivity contribution in [1.82, 2.24) is 0 Å². The first-order valence-electron chi connectivity index (χ1n) is 6.93. The summed E-state index contributed by atoms with van der Waals surface area (Å²) in [5.41, 5.74) is 3.29. The molecular weight excluding hydrogens is 208 g/mol. The van der Waals surface area contributed by atoms with E-state index in [1.807, 2.05) is 0 Å². The summed E-state index contributed by atoms with van der Waals surface area (Å²) in [6, 6.07) is 8.94. The van der Waals surface area contributed by atoms with Gasteiger partial charge in [0.05, 0.1) is 0 Å². The number of hydrogen-bond donors (Lipinski definition) is 1. The van der Waals surface area contributed by atoms with Crippen LogP contribution >= 0.6 is 0 Å². The van der Waals surface area contributed by atoms with Crippen LogP contribution in [0.15, 0.2) is 24.3 Å². The molecule has 0 bridgehead atoms. The van der Waals surface area contributed by atoms with Crippen LogP contribution in [0.25, 0.3) is 0 Å². The Morgan fingerprint density at radius 2 is 2.12 bits per heavy atom. The van der Waals surface area contributed by atoms with E-state index in [1.54, 1.807) is 11.1 Å². The van der Waals surface area contributed by atoms with E-state index in [1.165, 1.54) is 32.1 Å². The van der Waals surface area contributed by atoms with Crippen molar-refractivity contribution in [2.45, 2.75) is 44.9 Å². The fraction of sp³-hybridized carbons (Fsp3) is 0.625. The van der Waals surface area contributed by atoms with E-state index in [-0.39, 0.29) is 5.41 Å². The Kier molecular flexibility index (Phi) is 2.74. The molecule has 3 rings (SSSR count). The van der Waals surface area contributed by atoms with Crippen molar-refractivity contribution in [3.05, 3.63) is 35.4 Å². The van der Waals surface area contributed by atoms with Gasteiger partial charge in [0.1, 0.15) is 0 Å². The van der Waals surface area contributed by atoms with Gasteiger partial charge in [-0.05, 0) is 54.1 Å². The van der Waals surface area contributed by atoms with Crippen LogP contribution < -0.4 is 0 Å². The highest BCUT2D eigenvalue weighted by atomic mass is 16.3. The van der Waals surface area contributed by atoms with Gasteiger partial charge < -0.3 is 5.11 Å². The van der Waals surface area contributed by atoms with Gasteiger partial charge in [-0.15, -0.1) is 0 Å². The van der Waals surface area contributed by atoms with Crippen LogP contribution in [0.5, 0.6) is 0 Å². The molecule has 0 aliphatic heterocycles. The lowest BCUT2D eigenvalue weighted by molar-refractivity contribution is 0.0178. The third-order valence-corrected chi connectivity index (χ3v) is 5.18. The molecule has 1 fully saturated rings. The highest BCUT2D eigenvalue weighted by Gasteiger charge is 2.44. The largest absolute Gasteiger partial charge is 0.396 e. The first-order chi connectivity index (χ1) is 8.24. The fourth-order valence-electron chi connectivity index (χ4n) is 4.15. The average Bonchev–Trinajstić information content (AvgIpc) is 2.39. The van der Waals surface area contributed by atoms with Gasteiger partial charge in [-0.2, -0.15) is 0 Å². The summed E-state index contributed by atoms with van der Waals surface area (Å²) < 4.78 is 0. The molecular formula is C16H22O. The molecule has 1 aromatic rings. The topological polar surface area (TPSA) is 20.2 Å². The maximum absolute atomic E-state index is 9.74. The second-order valence-corrected chi connectivity index (χ2v) is 6.15. The number of rotatable bonds is 1. The zero-order valence-electron chi connectivity index (χ0n) is 10.7. The van der Waals surface area contributed by atoms with Crippen molar-refractivity contribution in [3.63, 3.8) is 0 Å². The Labute approximate surface area is 104 Å². The molecule has 2 aliphatic rings. The minimum absolute atomic E-state index is 0.163. The van der Waals surface area contributed by atoms with Crippen LogP contribution in [-0.4, -0.2) is 11.7 Å². The summed E-state index contributed by atoms with van der Waals surface area (Å²) in [4.78, 5) is 0. The molecule has 92 valence electrons. The molecule has 1 heteroatoms. The number of aliphatic hydroxyl groups excluding tert-OH is 1. The zero-order valence-corrected chi connectivity index (χ0v) is 10.7. The first-order valence-corrected chi connectivity index (χ1v) is 6.93. The van der Waals surface area contributed by atoms with Crippen molar-refractivity contribution in [1.29, 1.82) is 0 Å². The zero-order chi connectivity index (χ0) is 11.9. The standard InChI is InChI=1S/C16H22O/c1-16(11-17)10-4-7-14-13-6-3-2-5-12(13)8-9-15(14)16/h2-3,5-6,14-15,17H,4,7-11H2,1H3/t14-,15-,16-/m1/s1. The van der Waals surface area contributed by atoms with E-state index in [9.17, 15) is 5.11 Å². The van der Waals surface area contributed by atoms with Crippen molar-refractivity contribution in [2.24, 2.45) is 11.3 Å². The molecule has 0 spiro atoms. The lowest BCUT2D eigenvalue weighted by Crippen LogP contribution is -2.41. The molecule has 0 aromatic heterocycles. The SMILES string of the molecule is C[C@]1(CO)CCC[C@@H]2c3ccccc3CC[C@H]21. The molecule has 1 N–H and O–H groups in total. The van der Waals surface area contributed by atoms with Crippen LogP contribution in [-0.2, 0) is 6.42 Å². The molecule has 17 heavy (non-hydrogen) atoms. The Hall–Kier alpha value is -0.820. The van der Waals surface area contributed by atoms with E-state index in [4.69, 9.17) is 0 Å². The average molecular weight is 230 g/mol. The summed E-state index contributed by atoms with van der Waals surface area (Å²) >= 11 is 0. The molecule has 2 aliphatic carbocycles. The normalized spacial score (nSPS) is 36.1. The predicted molar refractivity (Wildman–Crippen MR) is 70.0 cm³/mol. The summed E-state index contributed by atoms with van der Waals surface area (Å²) in [5, 5.41) is 9.74. The highest BCUT2D eigenvalue weighted by molar-refractivity contribution is 5.34. The van der Waals surface area contributed by atoms with E-state index in [2.05, 4.69) is 31.2 Å². The second kappa shape index (κ2) is 4.13. The Morgan fingerprint density at radius 3 is 2.94 bits per heavy atom. The Bertz CT molecular complexity index is 412. The first kappa shape index (κ1) is 11.3. The van der Waals surface area contributed by atoms with Crippen molar-refractivity contribution in [2.75, 3.05) is 6.61 Å². The maximum atomic E-state index is 9.74. The van der Waals surface area contributed by atoms with Gasteiger partial charge in [-0.3, -0.25) is 0 Å². The highest BCUT2D eigenvalue weighted by Crippen LogP contribution is 2.53. The number of benzene rings is 1.